The lowest BCUT2D eigenvalue weighted by molar-refractivity contribution is -0.132. The van der Waals surface area contributed by atoms with Crippen molar-refractivity contribution in [2.24, 2.45) is 5.92 Å². The number of hydrogen-bond donors (Lipinski definition) is 1. The molecule has 6 nitrogen and oxygen atoms in total. The first-order valence-corrected chi connectivity index (χ1v) is 11.6. The zero-order valence-electron chi connectivity index (χ0n) is 17.9. The van der Waals surface area contributed by atoms with E-state index in [1.807, 2.05) is 31.4 Å². The molecule has 1 saturated heterocycles. The number of aromatic nitrogens is 1. The number of urea groups is 1. The quantitative estimate of drug-likeness (QED) is 0.552. The van der Waals surface area contributed by atoms with Gasteiger partial charge in [0.15, 0.2) is 5.78 Å². The van der Waals surface area contributed by atoms with Gasteiger partial charge in [-0.2, -0.15) is 0 Å². The van der Waals surface area contributed by atoms with Gasteiger partial charge in [-0.15, -0.1) is 11.3 Å². The van der Waals surface area contributed by atoms with Gasteiger partial charge in [0.05, 0.1) is 13.1 Å². The maximum atomic E-state index is 13.1. The van der Waals surface area contributed by atoms with Gasteiger partial charge in [0.2, 0.25) is 0 Å². The van der Waals surface area contributed by atoms with Gasteiger partial charge in [-0.3, -0.25) is 14.5 Å². The topological polar surface area (TPSA) is 71.4 Å². The molecule has 2 aromatic heterocycles. The summed E-state index contributed by atoms with van der Waals surface area (Å²) in [7, 11) is 0. The summed E-state index contributed by atoms with van der Waals surface area (Å²) in [6, 6.07) is 5.52. The summed E-state index contributed by atoms with van der Waals surface area (Å²) in [5.74, 6) is 0.191. The maximum absolute atomic E-state index is 13.1. The van der Waals surface area contributed by atoms with E-state index in [-0.39, 0.29) is 18.2 Å². The van der Waals surface area contributed by atoms with Crippen molar-refractivity contribution in [2.75, 3.05) is 6.54 Å². The third kappa shape index (κ3) is 3.60. The Balaban J connectivity index is 1.49. The van der Waals surface area contributed by atoms with Crippen LogP contribution in [0.5, 0.6) is 0 Å². The fraction of sp³-hybridized carbons (Fsp3) is 0.522. The molecule has 3 heterocycles. The predicted molar refractivity (Wildman–Crippen MR) is 117 cm³/mol. The molecule has 0 atom stereocenters. The molecule has 0 unspecified atom stereocenters. The number of Topliss-reactive ketones (excluding diaryl/α,β-unsaturated/α-hetero) is 1. The Labute approximate surface area is 181 Å². The smallest absolute Gasteiger partial charge is 0.325 e. The highest BCUT2D eigenvalue weighted by atomic mass is 32.1. The average Bonchev–Trinajstić information content (AvgIpc) is 3.40. The number of imide groups is 1. The van der Waals surface area contributed by atoms with E-state index in [9.17, 15) is 14.4 Å². The van der Waals surface area contributed by atoms with Crippen LogP contribution in [-0.2, 0) is 11.3 Å². The molecule has 4 rings (SSSR count). The number of nitrogens with one attached hydrogen (secondary N) is 1. The Morgan fingerprint density at radius 2 is 2.00 bits per heavy atom. The Morgan fingerprint density at radius 3 is 2.63 bits per heavy atom. The second-order valence-electron chi connectivity index (χ2n) is 8.63. The molecule has 2 aromatic rings. The van der Waals surface area contributed by atoms with Gasteiger partial charge in [-0.25, -0.2) is 4.79 Å². The Kier molecular flexibility index (Phi) is 5.57. The Bertz CT molecular complexity index is 968. The molecule has 30 heavy (non-hydrogen) atoms. The van der Waals surface area contributed by atoms with Crippen molar-refractivity contribution in [3.05, 3.63) is 45.4 Å². The standard InChI is InChI=1S/C23H29N3O3S/c1-4-17-7-9-23(10-8-17)21(28)26(22(29)24-23)14-20(27)19-12-15(2)25(16(19)3)13-18-6-5-11-30-18/h5-6,11-12,17H,4,7-10,13-14H2,1-3H3,(H,24,29). The van der Waals surface area contributed by atoms with Crippen LogP contribution >= 0.6 is 11.3 Å². The molecule has 7 heteroatoms. The minimum atomic E-state index is -0.806. The third-order valence-electron chi connectivity index (χ3n) is 6.85. The molecular weight excluding hydrogens is 398 g/mol. The number of nitrogens with zero attached hydrogens (tertiary/aromatic N) is 2. The van der Waals surface area contributed by atoms with Gasteiger partial charge < -0.3 is 9.88 Å². The van der Waals surface area contributed by atoms with Crippen LogP contribution < -0.4 is 5.32 Å². The summed E-state index contributed by atoms with van der Waals surface area (Å²) >= 11 is 1.68. The highest BCUT2D eigenvalue weighted by Gasteiger charge is 2.52. The van der Waals surface area contributed by atoms with Crippen LogP contribution in [0.4, 0.5) is 4.79 Å². The first-order chi connectivity index (χ1) is 14.3. The van der Waals surface area contributed by atoms with E-state index in [4.69, 9.17) is 0 Å². The molecule has 160 valence electrons. The highest BCUT2D eigenvalue weighted by Crippen LogP contribution is 2.37. The van der Waals surface area contributed by atoms with Crippen LogP contribution in [-0.4, -0.2) is 39.3 Å². The minimum absolute atomic E-state index is 0.191. The molecule has 3 amide bonds. The van der Waals surface area contributed by atoms with Crippen LogP contribution in [0.2, 0.25) is 0 Å². The molecule has 0 aromatic carbocycles. The monoisotopic (exact) mass is 427 g/mol. The minimum Gasteiger partial charge on any atom is -0.343 e. The van der Waals surface area contributed by atoms with Crippen LogP contribution in [0, 0.1) is 19.8 Å². The SMILES string of the molecule is CCC1CCC2(CC1)NC(=O)N(CC(=O)c1cc(C)n(Cc3cccs3)c1C)C2=O. The van der Waals surface area contributed by atoms with Crippen LogP contribution in [0.1, 0.15) is 65.7 Å². The van der Waals surface area contributed by atoms with Gasteiger partial charge in [0.25, 0.3) is 5.91 Å². The molecule has 0 radical (unpaired) electrons. The molecule has 0 bridgehead atoms. The zero-order chi connectivity index (χ0) is 21.5. The summed E-state index contributed by atoms with van der Waals surface area (Å²) in [5.41, 5.74) is 1.64. The van der Waals surface area contributed by atoms with E-state index in [1.165, 1.54) is 4.88 Å². The van der Waals surface area contributed by atoms with Crippen molar-refractivity contribution < 1.29 is 14.4 Å². The van der Waals surface area contributed by atoms with Crippen molar-refractivity contribution in [3.63, 3.8) is 0 Å². The summed E-state index contributed by atoms with van der Waals surface area (Å²) in [5, 5.41) is 4.95. The van der Waals surface area contributed by atoms with Gasteiger partial charge in [-0.1, -0.05) is 19.4 Å². The molecule has 1 spiro atoms. The largest absolute Gasteiger partial charge is 0.343 e. The molecule has 2 fully saturated rings. The third-order valence-corrected chi connectivity index (χ3v) is 7.71. The lowest BCUT2D eigenvalue weighted by Gasteiger charge is -2.34. The normalized spacial score (nSPS) is 24.0. The van der Waals surface area contributed by atoms with Crippen molar-refractivity contribution >= 4 is 29.1 Å². The van der Waals surface area contributed by atoms with E-state index in [0.29, 0.717) is 30.9 Å². The number of carbonyl (C=O) groups excluding carboxylic acids is 3. The lowest BCUT2D eigenvalue weighted by Crippen LogP contribution is -2.49. The van der Waals surface area contributed by atoms with E-state index in [1.54, 1.807) is 11.3 Å². The van der Waals surface area contributed by atoms with E-state index < -0.39 is 11.6 Å². The fourth-order valence-corrected chi connectivity index (χ4v) is 5.54. The second-order valence-corrected chi connectivity index (χ2v) is 9.66. The van der Waals surface area contributed by atoms with Crippen molar-refractivity contribution in [2.45, 2.75) is 65.0 Å². The van der Waals surface area contributed by atoms with Crippen molar-refractivity contribution in [1.29, 1.82) is 0 Å². The van der Waals surface area contributed by atoms with Crippen molar-refractivity contribution in [1.82, 2.24) is 14.8 Å². The Hall–Kier alpha value is -2.41. The summed E-state index contributed by atoms with van der Waals surface area (Å²) < 4.78 is 2.11. The molecule has 1 aliphatic carbocycles. The second kappa shape index (κ2) is 8.02. The number of amides is 3. The Morgan fingerprint density at radius 1 is 1.27 bits per heavy atom. The number of hydrogen-bond acceptors (Lipinski definition) is 4. The molecule has 1 aliphatic heterocycles. The van der Waals surface area contributed by atoms with Crippen molar-refractivity contribution in [3.8, 4) is 0 Å². The molecular formula is C23H29N3O3S. The number of carbonyl (C=O) groups is 3. The number of thiophene rings is 1. The van der Waals surface area contributed by atoms with Gasteiger partial charge >= 0.3 is 6.03 Å². The predicted octanol–water partition coefficient (Wildman–Crippen LogP) is 4.29. The number of ketones is 1. The van der Waals surface area contributed by atoms with E-state index in [0.717, 1.165) is 35.6 Å². The highest BCUT2D eigenvalue weighted by molar-refractivity contribution is 7.09. The number of aryl methyl sites for hydroxylation is 1. The maximum Gasteiger partial charge on any atom is 0.325 e. The summed E-state index contributed by atoms with van der Waals surface area (Å²) in [4.78, 5) is 41.1. The van der Waals surface area contributed by atoms with E-state index >= 15 is 0 Å². The fourth-order valence-electron chi connectivity index (χ4n) is 4.85. The van der Waals surface area contributed by atoms with Crippen LogP contribution in [0.3, 0.4) is 0 Å². The molecule has 2 aliphatic rings. The van der Waals surface area contributed by atoms with Crippen LogP contribution in [0.15, 0.2) is 23.6 Å². The average molecular weight is 428 g/mol. The first-order valence-electron chi connectivity index (χ1n) is 10.7. The van der Waals surface area contributed by atoms with Gasteiger partial charge in [0, 0.05) is 21.8 Å². The summed E-state index contributed by atoms with van der Waals surface area (Å²) in [6.07, 6.45) is 4.30. The van der Waals surface area contributed by atoms with Gasteiger partial charge in [0.1, 0.15) is 5.54 Å². The first kappa shape index (κ1) is 20.8. The van der Waals surface area contributed by atoms with E-state index in [2.05, 4.69) is 22.9 Å². The zero-order valence-corrected chi connectivity index (χ0v) is 18.7. The summed E-state index contributed by atoms with van der Waals surface area (Å²) in [6.45, 7) is 6.58. The number of rotatable bonds is 6. The molecule has 1 N–H and O–H groups in total. The van der Waals surface area contributed by atoms with Gasteiger partial charge in [-0.05, 0) is 63.0 Å². The lowest BCUT2D eigenvalue weighted by atomic mass is 9.75. The molecule has 1 saturated carbocycles. The van der Waals surface area contributed by atoms with Crippen LogP contribution in [0.25, 0.3) is 0 Å².